The van der Waals surface area contributed by atoms with Crippen molar-refractivity contribution in [1.29, 1.82) is 0 Å². The third-order valence-electron chi connectivity index (χ3n) is 7.49. The molecule has 4 nitrogen and oxygen atoms in total. The lowest BCUT2D eigenvalue weighted by Gasteiger charge is -2.46. The van der Waals surface area contributed by atoms with E-state index in [-0.39, 0.29) is 30.1 Å². The highest BCUT2D eigenvalue weighted by Gasteiger charge is 2.63. The van der Waals surface area contributed by atoms with Crippen LogP contribution in [0.2, 0.25) is 0 Å². The fourth-order valence-electron chi connectivity index (χ4n) is 5.95. The molecule has 0 aromatic rings. The predicted molar refractivity (Wildman–Crippen MR) is 91.4 cm³/mol. The van der Waals surface area contributed by atoms with Gasteiger partial charge in [0, 0.05) is 5.92 Å². The Morgan fingerprint density at radius 1 is 1.17 bits per heavy atom. The van der Waals surface area contributed by atoms with E-state index < -0.39 is 11.7 Å². The molecule has 4 aliphatic rings. The average Bonchev–Trinajstić information content (AvgIpc) is 2.89. The molecule has 24 heavy (non-hydrogen) atoms. The van der Waals surface area contributed by atoms with Gasteiger partial charge in [-0.1, -0.05) is 25.5 Å². The Balaban J connectivity index is 1.83. The standard InChI is InChI=1S/C20H32O4/c1-10-5-6-15(21)20(4)19-16-13(12(3)9-23-20)8-11(2)18(22)17(16)14(7-10)24-19/h5,11-19,21-22H,6-9H2,1-4H3/b10-5+/t11-,12+,13+,14+,15-,16+,17+,18-,19+,20+/m1/s1. The van der Waals surface area contributed by atoms with E-state index in [0.717, 1.165) is 12.8 Å². The summed E-state index contributed by atoms with van der Waals surface area (Å²) in [4.78, 5) is 0. The van der Waals surface area contributed by atoms with E-state index in [0.29, 0.717) is 30.8 Å². The summed E-state index contributed by atoms with van der Waals surface area (Å²) in [7, 11) is 0. The third kappa shape index (κ3) is 2.33. The number of fused-ring (bicyclic) bond motifs is 2. The van der Waals surface area contributed by atoms with Crippen molar-refractivity contribution in [3.8, 4) is 0 Å². The molecule has 3 heterocycles. The van der Waals surface area contributed by atoms with Gasteiger partial charge in [-0.25, -0.2) is 0 Å². The maximum atomic E-state index is 11.0. The van der Waals surface area contributed by atoms with Gasteiger partial charge in [0.05, 0.1) is 31.0 Å². The van der Waals surface area contributed by atoms with E-state index in [4.69, 9.17) is 9.47 Å². The second kappa shape index (κ2) is 5.80. The molecular formula is C20H32O4. The number of rotatable bonds is 0. The van der Waals surface area contributed by atoms with Gasteiger partial charge in [0.2, 0.25) is 0 Å². The maximum absolute atomic E-state index is 11.0. The molecule has 4 heteroatoms. The van der Waals surface area contributed by atoms with Crippen LogP contribution in [0.5, 0.6) is 0 Å². The Bertz CT molecular complexity index is 532. The average molecular weight is 336 g/mol. The number of ether oxygens (including phenoxy) is 2. The summed E-state index contributed by atoms with van der Waals surface area (Å²) < 4.78 is 12.9. The quantitative estimate of drug-likeness (QED) is 0.668. The van der Waals surface area contributed by atoms with Crippen LogP contribution in [0.4, 0.5) is 0 Å². The number of hydrogen-bond acceptors (Lipinski definition) is 4. The second-order valence-electron chi connectivity index (χ2n) is 9.10. The van der Waals surface area contributed by atoms with Crippen molar-refractivity contribution >= 4 is 0 Å². The van der Waals surface area contributed by atoms with Crippen LogP contribution in [0.1, 0.15) is 47.0 Å². The van der Waals surface area contributed by atoms with Crippen LogP contribution >= 0.6 is 0 Å². The molecule has 2 bridgehead atoms. The molecule has 0 amide bonds. The van der Waals surface area contributed by atoms with Gasteiger partial charge in [-0.3, -0.25) is 0 Å². The van der Waals surface area contributed by atoms with Crippen molar-refractivity contribution in [3.63, 3.8) is 0 Å². The Hall–Kier alpha value is -0.420. The van der Waals surface area contributed by atoms with Gasteiger partial charge in [0.15, 0.2) is 0 Å². The van der Waals surface area contributed by atoms with Crippen LogP contribution in [-0.2, 0) is 9.47 Å². The Labute approximate surface area is 145 Å². The first-order chi connectivity index (χ1) is 11.3. The van der Waals surface area contributed by atoms with Crippen molar-refractivity contribution in [1.82, 2.24) is 0 Å². The van der Waals surface area contributed by atoms with E-state index in [1.165, 1.54) is 5.57 Å². The summed E-state index contributed by atoms with van der Waals surface area (Å²) in [5.41, 5.74) is 0.555. The van der Waals surface area contributed by atoms with Crippen molar-refractivity contribution in [3.05, 3.63) is 11.6 Å². The molecule has 0 aromatic carbocycles. The summed E-state index contributed by atoms with van der Waals surface area (Å²) in [5, 5.41) is 21.9. The van der Waals surface area contributed by atoms with E-state index in [1.54, 1.807) is 0 Å². The maximum Gasteiger partial charge on any atom is 0.118 e. The van der Waals surface area contributed by atoms with Crippen molar-refractivity contribution in [2.45, 2.75) is 77.0 Å². The zero-order valence-electron chi connectivity index (χ0n) is 15.3. The molecule has 10 atom stereocenters. The van der Waals surface area contributed by atoms with Gasteiger partial charge < -0.3 is 19.7 Å². The predicted octanol–water partition coefficient (Wildman–Crippen LogP) is 2.53. The third-order valence-corrected chi connectivity index (χ3v) is 7.49. The Morgan fingerprint density at radius 3 is 2.67 bits per heavy atom. The van der Waals surface area contributed by atoms with Crippen LogP contribution in [0, 0.1) is 29.6 Å². The molecule has 4 rings (SSSR count). The minimum Gasteiger partial charge on any atom is -0.392 e. The molecule has 1 saturated carbocycles. The molecule has 0 unspecified atom stereocenters. The lowest BCUT2D eigenvalue weighted by Crippen LogP contribution is -2.55. The van der Waals surface area contributed by atoms with Gasteiger partial charge in [-0.2, -0.15) is 0 Å². The van der Waals surface area contributed by atoms with Crippen LogP contribution in [-0.4, -0.2) is 46.8 Å². The van der Waals surface area contributed by atoms with Gasteiger partial charge >= 0.3 is 0 Å². The molecule has 3 aliphatic heterocycles. The molecular weight excluding hydrogens is 304 g/mol. The zero-order chi connectivity index (χ0) is 17.2. The number of hydrogen-bond donors (Lipinski definition) is 2. The van der Waals surface area contributed by atoms with Gasteiger partial charge in [0.1, 0.15) is 5.60 Å². The molecule has 1 aliphatic carbocycles. The molecule has 0 spiro atoms. The first-order valence-electron chi connectivity index (χ1n) is 9.64. The molecule has 2 N–H and O–H groups in total. The number of aliphatic hydroxyl groups is 2. The van der Waals surface area contributed by atoms with Gasteiger partial charge in [0.25, 0.3) is 0 Å². The SMILES string of the molecule is C/C1=C\C[C@@H](O)[C@]2(C)OC[C@H](C)[C@@H]3C[C@@H](C)[C@@H](O)[C@@H]4[C@H]3[C@@H]2O[C@H]4C1. The Morgan fingerprint density at radius 2 is 1.92 bits per heavy atom. The summed E-state index contributed by atoms with van der Waals surface area (Å²) in [5.74, 6) is 1.66. The topological polar surface area (TPSA) is 58.9 Å². The lowest BCUT2D eigenvalue weighted by atomic mass is 9.59. The molecule has 3 fully saturated rings. The normalized spacial score (nSPS) is 59.6. The minimum absolute atomic E-state index is 0.0371. The monoisotopic (exact) mass is 336 g/mol. The Kier molecular flexibility index (Phi) is 4.11. The van der Waals surface area contributed by atoms with Crippen molar-refractivity contribution < 1.29 is 19.7 Å². The summed E-state index contributed by atoms with van der Waals surface area (Å²) in [6.45, 7) is 9.23. The van der Waals surface area contributed by atoms with E-state index in [1.807, 2.05) is 6.92 Å². The fraction of sp³-hybridized carbons (Fsp3) is 0.900. The fourth-order valence-corrected chi connectivity index (χ4v) is 5.95. The summed E-state index contributed by atoms with van der Waals surface area (Å²) in [6.07, 6.45) is 3.64. The van der Waals surface area contributed by atoms with E-state index >= 15 is 0 Å². The van der Waals surface area contributed by atoms with Crippen LogP contribution in [0.3, 0.4) is 0 Å². The van der Waals surface area contributed by atoms with Gasteiger partial charge in [-0.05, 0) is 56.8 Å². The smallest absolute Gasteiger partial charge is 0.118 e. The molecule has 0 aromatic heterocycles. The summed E-state index contributed by atoms with van der Waals surface area (Å²) >= 11 is 0. The first-order valence-corrected chi connectivity index (χ1v) is 9.64. The number of aliphatic hydroxyl groups excluding tert-OH is 2. The summed E-state index contributed by atoms with van der Waals surface area (Å²) in [6, 6.07) is 0. The van der Waals surface area contributed by atoms with Crippen LogP contribution in [0.25, 0.3) is 0 Å². The first kappa shape index (κ1) is 17.0. The molecule has 0 radical (unpaired) electrons. The minimum atomic E-state index is -0.692. The van der Waals surface area contributed by atoms with Gasteiger partial charge in [-0.15, -0.1) is 0 Å². The highest BCUT2D eigenvalue weighted by atomic mass is 16.6. The molecule has 2 saturated heterocycles. The highest BCUT2D eigenvalue weighted by Crippen LogP contribution is 2.56. The van der Waals surface area contributed by atoms with Crippen molar-refractivity contribution in [2.24, 2.45) is 29.6 Å². The lowest BCUT2D eigenvalue weighted by molar-refractivity contribution is -0.183. The molecule has 136 valence electrons. The van der Waals surface area contributed by atoms with Crippen molar-refractivity contribution in [2.75, 3.05) is 6.61 Å². The van der Waals surface area contributed by atoms with Crippen LogP contribution < -0.4 is 0 Å². The van der Waals surface area contributed by atoms with E-state index in [9.17, 15) is 10.2 Å². The second-order valence-corrected chi connectivity index (χ2v) is 9.10. The van der Waals surface area contributed by atoms with E-state index in [2.05, 4.69) is 26.8 Å². The largest absolute Gasteiger partial charge is 0.392 e. The van der Waals surface area contributed by atoms with Crippen LogP contribution in [0.15, 0.2) is 11.6 Å². The zero-order valence-corrected chi connectivity index (χ0v) is 15.3. The highest BCUT2D eigenvalue weighted by molar-refractivity contribution is 5.16.